The number of ether oxygens (including phenoxy) is 1. The first-order valence-corrected chi connectivity index (χ1v) is 9.26. The van der Waals surface area contributed by atoms with Crippen molar-refractivity contribution in [3.63, 3.8) is 0 Å². The molecule has 0 saturated carbocycles. The zero-order valence-electron chi connectivity index (χ0n) is 16.9. The summed E-state index contributed by atoms with van der Waals surface area (Å²) in [5, 5.41) is 0. The Bertz CT molecular complexity index is 585. The van der Waals surface area contributed by atoms with E-state index in [-0.39, 0.29) is 0 Å². The van der Waals surface area contributed by atoms with Crippen LogP contribution in [-0.2, 0) is 4.74 Å². The molecule has 0 aromatic carbocycles. The first kappa shape index (κ1) is 21.2. The van der Waals surface area contributed by atoms with E-state index in [0.717, 1.165) is 26.0 Å². The second kappa shape index (κ2) is 11.7. The number of nitrogens with zero attached hydrogens (tertiary/aromatic N) is 1. The molecular formula is C23H35NO. The summed E-state index contributed by atoms with van der Waals surface area (Å²) in [5.41, 5.74) is 5.61. The number of rotatable bonds is 9. The molecule has 0 heterocycles. The molecule has 0 aliphatic heterocycles. The molecular weight excluding hydrogens is 306 g/mol. The predicted molar refractivity (Wildman–Crippen MR) is 111 cm³/mol. The number of hydrogen-bond acceptors (Lipinski definition) is 2. The van der Waals surface area contributed by atoms with Gasteiger partial charge in [-0.3, -0.25) is 0 Å². The van der Waals surface area contributed by atoms with Crippen LogP contribution in [0.25, 0.3) is 0 Å². The number of likely N-dealkylation sites (N-methyl/N-ethyl adjacent to an activating group) is 1. The Balaban J connectivity index is 2.92. The van der Waals surface area contributed by atoms with Crippen LogP contribution in [0.4, 0.5) is 0 Å². The molecule has 0 aromatic rings. The van der Waals surface area contributed by atoms with Crippen LogP contribution < -0.4 is 0 Å². The molecule has 2 heteroatoms. The van der Waals surface area contributed by atoms with Crippen molar-refractivity contribution >= 4 is 0 Å². The molecule has 25 heavy (non-hydrogen) atoms. The quantitative estimate of drug-likeness (QED) is 0.489. The molecule has 0 radical (unpaired) electrons. The van der Waals surface area contributed by atoms with Gasteiger partial charge < -0.3 is 9.64 Å². The third kappa shape index (κ3) is 7.31. The second-order valence-corrected chi connectivity index (χ2v) is 6.76. The fourth-order valence-corrected chi connectivity index (χ4v) is 2.79. The van der Waals surface area contributed by atoms with Gasteiger partial charge in [0, 0.05) is 26.4 Å². The van der Waals surface area contributed by atoms with Gasteiger partial charge in [-0.2, -0.15) is 0 Å². The van der Waals surface area contributed by atoms with Crippen LogP contribution in [0.1, 0.15) is 40.5 Å². The largest absolute Gasteiger partial charge is 0.383 e. The van der Waals surface area contributed by atoms with Crippen molar-refractivity contribution in [1.29, 1.82) is 0 Å². The Kier molecular flexibility index (Phi) is 9.94. The van der Waals surface area contributed by atoms with E-state index < -0.39 is 0 Å². The summed E-state index contributed by atoms with van der Waals surface area (Å²) in [7, 11) is 3.85. The molecule has 1 aliphatic carbocycles. The van der Waals surface area contributed by atoms with Crippen LogP contribution in [0, 0.1) is 5.92 Å². The Morgan fingerprint density at radius 3 is 2.68 bits per heavy atom. The molecule has 1 aliphatic rings. The summed E-state index contributed by atoms with van der Waals surface area (Å²) in [4.78, 5) is 2.23. The summed E-state index contributed by atoms with van der Waals surface area (Å²) >= 11 is 0. The van der Waals surface area contributed by atoms with Gasteiger partial charge in [0.1, 0.15) is 0 Å². The van der Waals surface area contributed by atoms with Crippen LogP contribution >= 0.6 is 0 Å². The highest BCUT2D eigenvalue weighted by molar-refractivity contribution is 5.42. The highest BCUT2D eigenvalue weighted by Crippen LogP contribution is 2.28. The van der Waals surface area contributed by atoms with Crippen LogP contribution in [0.5, 0.6) is 0 Å². The van der Waals surface area contributed by atoms with E-state index in [4.69, 9.17) is 4.74 Å². The standard InChI is InChI=1S/C23H35NO/c1-7-22(24(5)17-18-25-6)15-12-16-23(20(4)19(2)3)21-13-10-8-9-11-14-21/h7-13,15,19H,14,16-18H2,1-6H3/b15-12-,22-7+,23-20+. The lowest BCUT2D eigenvalue weighted by molar-refractivity contribution is 0.175. The smallest absolute Gasteiger partial charge is 0.0637 e. The number of methoxy groups -OCH3 is 1. The van der Waals surface area contributed by atoms with E-state index in [9.17, 15) is 0 Å². The van der Waals surface area contributed by atoms with Gasteiger partial charge in [-0.05, 0) is 49.8 Å². The zero-order valence-corrected chi connectivity index (χ0v) is 16.9. The molecule has 2 nitrogen and oxygen atoms in total. The van der Waals surface area contributed by atoms with Crippen molar-refractivity contribution in [3.8, 4) is 0 Å². The molecule has 0 fully saturated rings. The second-order valence-electron chi connectivity index (χ2n) is 6.76. The van der Waals surface area contributed by atoms with Crippen molar-refractivity contribution in [2.45, 2.75) is 40.5 Å². The topological polar surface area (TPSA) is 12.5 Å². The molecule has 1 rings (SSSR count). The molecule has 0 unspecified atom stereocenters. The van der Waals surface area contributed by atoms with E-state index in [1.54, 1.807) is 7.11 Å². The molecule has 0 atom stereocenters. The van der Waals surface area contributed by atoms with Gasteiger partial charge in [0.15, 0.2) is 0 Å². The Morgan fingerprint density at radius 2 is 2.04 bits per heavy atom. The summed E-state index contributed by atoms with van der Waals surface area (Å²) < 4.78 is 5.18. The molecule has 0 N–H and O–H groups in total. The van der Waals surface area contributed by atoms with E-state index >= 15 is 0 Å². The van der Waals surface area contributed by atoms with Crippen molar-refractivity contribution in [1.82, 2.24) is 4.90 Å². The maximum Gasteiger partial charge on any atom is 0.0637 e. The summed E-state index contributed by atoms with van der Waals surface area (Å²) in [6.45, 7) is 10.5. The van der Waals surface area contributed by atoms with E-state index in [1.807, 2.05) is 0 Å². The van der Waals surface area contributed by atoms with Crippen LogP contribution in [0.3, 0.4) is 0 Å². The average Bonchev–Trinajstić information content (AvgIpc) is 2.88. The Hall–Kier alpha value is -1.80. The van der Waals surface area contributed by atoms with E-state index in [0.29, 0.717) is 5.92 Å². The van der Waals surface area contributed by atoms with Crippen LogP contribution in [-0.4, -0.2) is 32.2 Å². The zero-order chi connectivity index (χ0) is 18.7. The first-order valence-electron chi connectivity index (χ1n) is 9.26. The third-order valence-corrected chi connectivity index (χ3v) is 4.70. The van der Waals surface area contributed by atoms with Gasteiger partial charge in [0.05, 0.1) is 6.61 Å². The van der Waals surface area contributed by atoms with Gasteiger partial charge in [0.2, 0.25) is 0 Å². The van der Waals surface area contributed by atoms with Gasteiger partial charge in [-0.25, -0.2) is 0 Å². The third-order valence-electron chi connectivity index (χ3n) is 4.70. The monoisotopic (exact) mass is 341 g/mol. The van der Waals surface area contributed by atoms with Gasteiger partial charge in [-0.15, -0.1) is 0 Å². The van der Waals surface area contributed by atoms with Crippen molar-refractivity contribution in [2.24, 2.45) is 5.92 Å². The van der Waals surface area contributed by atoms with Gasteiger partial charge in [-0.1, -0.05) is 62.0 Å². The summed E-state index contributed by atoms with van der Waals surface area (Å²) in [6, 6.07) is 0. The maximum absolute atomic E-state index is 5.18. The minimum Gasteiger partial charge on any atom is -0.383 e. The molecule has 0 saturated heterocycles. The lowest BCUT2D eigenvalue weighted by Gasteiger charge is -2.20. The number of allylic oxidation sites excluding steroid dienone is 11. The minimum atomic E-state index is 0.561. The maximum atomic E-state index is 5.18. The van der Waals surface area contributed by atoms with Crippen LogP contribution in [0.15, 0.2) is 71.0 Å². The highest BCUT2D eigenvalue weighted by atomic mass is 16.5. The fraction of sp³-hybridized carbons (Fsp3) is 0.478. The Labute approximate surface area is 154 Å². The lowest BCUT2D eigenvalue weighted by Crippen LogP contribution is -2.21. The minimum absolute atomic E-state index is 0.561. The highest BCUT2D eigenvalue weighted by Gasteiger charge is 2.10. The Morgan fingerprint density at radius 1 is 1.28 bits per heavy atom. The molecule has 138 valence electrons. The molecule has 0 bridgehead atoms. The predicted octanol–water partition coefficient (Wildman–Crippen LogP) is 5.83. The van der Waals surface area contributed by atoms with Crippen molar-refractivity contribution in [3.05, 3.63) is 71.0 Å². The van der Waals surface area contributed by atoms with Crippen LogP contribution in [0.2, 0.25) is 0 Å². The number of hydrogen-bond donors (Lipinski definition) is 0. The lowest BCUT2D eigenvalue weighted by atomic mass is 9.89. The van der Waals surface area contributed by atoms with E-state index in [1.165, 1.54) is 22.4 Å². The molecule has 0 amide bonds. The van der Waals surface area contributed by atoms with Gasteiger partial charge >= 0.3 is 0 Å². The molecule has 0 spiro atoms. The SMILES string of the molecule is C/C=C(\C=C/C/C(C1=CC=CC=CC1)=C(/C)C(C)C)N(C)CCOC. The van der Waals surface area contributed by atoms with Gasteiger partial charge in [0.25, 0.3) is 0 Å². The van der Waals surface area contributed by atoms with E-state index in [2.05, 4.69) is 88.3 Å². The fourth-order valence-electron chi connectivity index (χ4n) is 2.79. The van der Waals surface area contributed by atoms with Crippen molar-refractivity contribution in [2.75, 3.05) is 27.3 Å². The molecule has 0 aromatic heterocycles. The summed E-state index contributed by atoms with van der Waals surface area (Å²) in [6.07, 6.45) is 19.5. The first-order chi connectivity index (χ1) is 12.0. The average molecular weight is 342 g/mol. The van der Waals surface area contributed by atoms with Crippen molar-refractivity contribution < 1.29 is 4.74 Å². The summed E-state index contributed by atoms with van der Waals surface area (Å²) in [5.74, 6) is 0.561. The normalized spacial score (nSPS) is 16.3.